The van der Waals surface area contributed by atoms with Crippen molar-refractivity contribution < 1.29 is 46.5 Å². The summed E-state index contributed by atoms with van der Waals surface area (Å²) in [7, 11) is 0. The van der Waals surface area contributed by atoms with Gasteiger partial charge < -0.3 is 20.8 Å². The molecule has 1 saturated carbocycles. The average Bonchev–Trinajstić information content (AvgIpc) is 3.22. The fraction of sp³-hybridized carbons (Fsp3) is 0.531. The summed E-state index contributed by atoms with van der Waals surface area (Å²) in [6, 6.07) is 12.1. The molecule has 3 aliphatic rings. The molecule has 0 spiro atoms. The van der Waals surface area contributed by atoms with Crippen LogP contribution in [0.15, 0.2) is 42.5 Å². The summed E-state index contributed by atoms with van der Waals surface area (Å²) >= 11 is 0. The monoisotopic (exact) mass is 639 g/mol. The first-order valence-corrected chi connectivity index (χ1v) is 15.1. The molecule has 2 saturated heterocycles. The molecule has 3 fully saturated rings. The van der Waals surface area contributed by atoms with E-state index in [2.05, 4.69) is 11.0 Å². The van der Waals surface area contributed by atoms with Crippen molar-refractivity contribution >= 4 is 17.8 Å². The second-order valence-electron chi connectivity index (χ2n) is 12.0. The van der Waals surface area contributed by atoms with Crippen LogP contribution in [-0.4, -0.2) is 75.2 Å². The Kier molecular flexibility index (Phi) is 11.2. The van der Waals surface area contributed by atoms with Crippen LogP contribution >= 0.6 is 0 Å². The van der Waals surface area contributed by atoms with Crippen molar-refractivity contribution in [1.82, 2.24) is 9.80 Å². The number of hydrogen-bond donors (Lipinski definition) is 3. The number of amides is 2. The number of carboxylic acid groups (broad SMARTS) is 1. The third kappa shape index (κ3) is 8.78. The smallest absolute Gasteiger partial charge is 0.475 e. The highest BCUT2D eigenvalue weighted by atomic mass is 19.4. The highest BCUT2D eigenvalue weighted by molar-refractivity contribution is 5.92. The van der Waals surface area contributed by atoms with Crippen molar-refractivity contribution in [3.8, 4) is 0 Å². The minimum absolute atomic E-state index is 0.0762. The molecule has 246 valence electrons. The minimum atomic E-state index is -5.08. The molecule has 2 aliphatic heterocycles. The van der Waals surface area contributed by atoms with Crippen molar-refractivity contribution in [2.75, 3.05) is 13.1 Å². The molecule has 2 atom stereocenters. The molecule has 1 aliphatic carbocycles. The number of benzene rings is 2. The molecular weight excluding hydrogens is 601 g/mol. The number of carboxylic acids is 1. The van der Waals surface area contributed by atoms with Crippen LogP contribution in [-0.2, 0) is 16.1 Å². The van der Waals surface area contributed by atoms with Crippen LogP contribution in [0.3, 0.4) is 0 Å². The first-order chi connectivity index (χ1) is 21.2. The molecule has 45 heavy (non-hydrogen) atoms. The number of hydrogen-bond acceptors (Lipinski definition) is 5. The van der Waals surface area contributed by atoms with Crippen LogP contribution < -0.4 is 5.73 Å². The Morgan fingerprint density at radius 2 is 1.47 bits per heavy atom. The number of aliphatic hydroxyl groups is 1. The molecule has 2 bridgehead atoms. The van der Waals surface area contributed by atoms with Gasteiger partial charge in [0.2, 0.25) is 11.8 Å². The topological polar surface area (TPSA) is 124 Å². The largest absolute Gasteiger partial charge is 0.490 e. The number of primary amides is 1. The standard InChI is InChI=1S/C30H37F2N3O3.C2HF3O2/c31-27-5-2-6-28(32)26(27)18-34(30(38)19-7-11-25(36)12-8-19)13-14-35-23-9-10-24(35)17-22(16-23)20-3-1-4-21(15-20)29(33)37;3-2(4,5)1(6)7/h1-6,15,19,22-25,36H,7-14,16-18H2,(H2,33,37);(H,6,7)/t19-,22?,23?,24?,25-;. The van der Waals surface area contributed by atoms with Gasteiger partial charge in [-0.25, -0.2) is 13.6 Å². The zero-order chi connectivity index (χ0) is 32.9. The molecule has 2 amide bonds. The molecule has 2 unspecified atom stereocenters. The zero-order valence-electron chi connectivity index (χ0n) is 24.7. The Morgan fingerprint density at radius 3 is 2.00 bits per heavy atom. The number of fused-ring (bicyclic) bond motifs is 2. The maximum absolute atomic E-state index is 14.5. The molecule has 0 aromatic heterocycles. The molecule has 2 aromatic carbocycles. The summed E-state index contributed by atoms with van der Waals surface area (Å²) in [6.07, 6.45) is 0.968. The predicted octanol–water partition coefficient (Wildman–Crippen LogP) is 4.99. The van der Waals surface area contributed by atoms with E-state index in [1.165, 1.54) is 18.2 Å². The number of rotatable bonds is 8. The molecule has 2 heterocycles. The number of nitrogens with zero attached hydrogens (tertiary/aromatic N) is 2. The zero-order valence-corrected chi connectivity index (χ0v) is 24.7. The Balaban J connectivity index is 0.000000591. The van der Waals surface area contributed by atoms with E-state index in [0.717, 1.165) is 31.2 Å². The lowest BCUT2D eigenvalue weighted by atomic mass is 9.84. The van der Waals surface area contributed by atoms with Crippen molar-refractivity contribution in [2.45, 2.75) is 88.2 Å². The summed E-state index contributed by atoms with van der Waals surface area (Å²) in [6.45, 7) is 0.961. The van der Waals surface area contributed by atoms with Gasteiger partial charge in [0.15, 0.2) is 0 Å². The van der Waals surface area contributed by atoms with Gasteiger partial charge in [-0.05, 0) is 87.1 Å². The lowest BCUT2D eigenvalue weighted by Crippen LogP contribution is -2.48. The maximum atomic E-state index is 14.5. The van der Waals surface area contributed by atoms with Gasteiger partial charge in [-0.1, -0.05) is 18.2 Å². The number of piperidine rings is 1. The lowest BCUT2D eigenvalue weighted by molar-refractivity contribution is -0.192. The van der Waals surface area contributed by atoms with Gasteiger partial charge in [-0.2, -0.15) is 13.2 Å². The highest BCUT2D eigenvalue weighted by Crippen LogP contribution is 2.43. The quantitative estimate of drug-likeness (QED) is 0.350. The van der Waals surface area contributed by atoms with Crippen LogP contribution in [0.5, 0.6) is 0 Å². The van der Waals surface area contributed by atoms with E-state index in [1.54, 1.807) is 11.0 Å². The second-order valence-corrected chi connectivity index (χ2v) is 12.0. The molecule has 8 nitrogen and oxygen atoms in total. The molecule has 5 rings (SSSR count). The summed E-state index contributed by atoms with van der Waals surface area (Å²) < 4.78 is 60.8. The van der Waals surface area contributed by atoms with Crippen molar-refractivity contribution in [3.63, 3.8) is 0 Å². The van der Waals surface area contributed by atoms with Crippen LogP contribution in [0, 0.1) is 17.6 Å². The third-order valence-corrected chi connectivity index (χ3v) is 9.17. The number of aliphatic carboxylic acids is 1. The average molecular weight is 640 g/mol. The fourth-order valence-electron chi connectivity index (χ4n) is 6.82. The first-order valence-electron chi connectivity index (χ1n) is 15.1. The van der Waals surface area contributed by atoms with Crippen LogP contribution in [0.4, 0.5) is 22.0 Å². The summed E-state index contributed by atoms with van der Waals surface area (Å²) in [5, 5.41) is 17.0. The van der Waals surface area contributed by atoms with Crippen LogP contribution in [0.2, 0.25) is 0 Å². The van der Waals surface area contributed by atoms with Crippen LogP contribution in [0.1, 0.15) is 78.8 Å². The van der Waals surface area contributed by atoms with Gasteiger partial charge in [0.1, 0.15) is 11.6 Å². The normalized spacial score (nSPS) is 24.8. The van der Waals surface area contributed by atoms with E-state index in [-0.39, 0.29) is 30.0 Å². The Labute approximate surface area is 258 Å². The van der Waals surface area contributed by atoms with E-state index in [0.29, 0.717) is 62.3 Å². The number of aliphatic hydroxyl groups excluding tert-OH is 1. The number of nitrogens with two attached hydrogens (primary N) is 1. The number of carbonyl (C=O) groups excluding carboxylic acids is 2. The number of halogens is 5. The Morgan fingerprint density at radius 1 is 0.911 bits per heavy atom. The SMILES string of the molecule is NC(=O)c1cccc(C2CC3CCC(C2)N3CCN(Cc2c(F)cccc2F)C(=O)[C@H]2CC[C@H](O)CC2)c1.O=C(O)C(F)(F)F. The Hall–Kier alpha value is -3.58. The minimum Gasteiger partial charge on any atom is -0.475 e. The van der Waals surface area contributed by atoms with E-state index in [1.807, 2.05) is 12.1 Å². The van der Waals surface area contributed by atoms with E-state index >= 15 is 0 Å². The highest BCUT2D eigenvalue weighted by Gasteiger charge is 2.41. The van der Waals surface area contributed by atoms with Crippen molar-refractivity contribution in [1.29, 1.82) is 0 Å². The van der Waals surface area contributed by atoms with Gasteiger partial charge in [0, 0.05) is 42.2 Å². The number of alkyl halides is 3. The van der Waals surface area contributed by atoms with E-state index in [9.17, 15) is 36.6 Å². The van der Waals surface area contributed by atoms with E-state index in [4.69, 9.17) is 15.6 Å². The first kappa shape index (κ1) is 34.3. The second kappa shape index (κ2) is 14.7. The third-order valence-electron chi connectivity index (χ3n) is 9.17. The van der Waals surface area contributed by atoms with Gasteiger partial charge in [0.05, 0.1) is 12.6 Å². The fourth-order valence-corrected chi connectivity index (χ4v) is 6.82. The maximum Gasteiger partial charge on any atom is 0.490 e. The predicted molar refractivity (Wildman–Crippen MR) is 154 cm³/mol. The van der Waals surface area contributed by atoms with Crippen LogP contribution in [0.25, 0.3) is 0 Å². The molecule has 13 heteroatoms. The summed E-state index contributed by atoms with van der Waals surface area (Å²) in [4.78, 5) is 38.2. The van der Waals surface area contributed by atoms with Gasteiger partial charge >= 0.3 is 12.1 Å². The van der Waals surface area contributed by atoms with Gasteiger partial charge in [-0.15, -0.1) is 0 Å². The van der Waals surface area contributed by atoms with E-state index < -0.39 is 29.7 Å². The number of carbonyl (C=O) groups is 3. The summed E-state index contributed by atoms with van der Waals surface area (Å²) in [5.74, 6) is -4.41. The summed E-state index contributed by atoms with van der Waals surface area (Å²) in [5.41, 5.74) is 7.09. The van der Waals surface area contributed by atoms with Gasteiger partial charge in [0.25, 0.3) is 0 Å². The molecule has 0 radical (unpaired) electrons. The molecule has 2 aromatic rings. The molecule has 4 N–H and O–H groups in total. The van der Waals surface area contributed by atoms with Gasteiger partial charge in [-0.3, -0.25) is 14.5 Å². The lowest BCUT2D eigenvalue weighted by Gasteiger charge is -2.40. The van der Waals surface area contributed by atoms with Crippen molar-refractivity contribution in [3.05, 3.63) is 70.8 Å². The Bertz CT molecular complexity index is 1330. The molecular formula is C32H38F5N3O5. The van der Waals surface area contributed by atoms with Crippen molar-refractivity contribution in [2.24, 2.45) is 11.7 Å².